The van der Waals surface area contributed by atoms with E-state index in [0.717, 1.165) is 33.5 Å². The number of oxazole rings is 1. The summed E-state index contributed by atoms with van der Waals surface area (Å²) in [5, 5.41) is 6.57. The van der Waals surface area contributed by atoms with E-state index < -0.39 is 5.91 Å². The topological polar surface area (TPSA) is 76.4 Å². The Morgan fingerprint density at radius 3 is 2.59 bits per heavy atom. The number of amides is 1. The van der Waals surface area contributed by atoms with Crippen molar-refractivity contribution in [3.8, 4) is 5.75 Å². The Hall–Kier alpha value is -3.13. The van der Waals surface area contributed by atoms with Gasteiger partial charge < -0.3 is 14.5 Å². The number of thiocarbonyl (C=S) groups is 1. The number of halogens is 2. The molecule has 0 atom stereocenters. The van der Waals surface area contributed by atoms with Gasteiger partial charge >= 0.3 is 0 Å². The lowest BCUT2D eigenvalue weighted by Crippen LogP contribution is -2.37. The first-order chi connectivity index (χ1) is 16.3. The van der Waals surface area contributed by atoms with Gasteiger partial charge in [-0.3, -0.25) is 10.1 Å². The van der Waals surface area contributed by atoms with Gasteiger partial charge in [0.05, 0.1) is 5.02 Å². The lowest BCUT2D eigenvalue weighted by Gasteiger charge is -2.13. The molecule has 1 heterocycles. The van der Waals surface area contributed by atoms with Crippen LogP contribution in [0.3, 0.4) is 0 Å². The van der Waals surface area contributed by atoms with Gasteiger partial charge in [-0.1, -0.05) is 41.4 Å². The highest BCUT2D eigenvalue weighted by molar-refractivity contribution is 7.80. The van der Waals surface area contributed by atoms with Gasteiger partial charge in [0.1, 0.15) is 11.3 Å². The van der Waals surface area contributed by atoms with E-state index in [1.54, 1.807) is 19.1 Å². The van der Waals surface area contributed by atoms with Crippen LogP contribution in [0.5, 0.6) is 5.75 Å². The van der Waals surface area contributed by atoms with E-state index in [1.165, 1.54) is 0 Å². The van der Waals surface area contributed by atoms with E-state index in [-0.39, 0.29) is 11.7 Å². The van der Waals surface area contributed by atoms with Gasteiger partial charge in [0.2, 0.25) is 0 Å². The molecule has 34 heavy (non-hydrogen) atoms. The monoisotopic (exact) mass is 513 g/mol. The van der Waals surface area contributed by atoms with Gasteiger partial charge in [-0.15, -0.1) is 0 Å². The molecule has 4 rings (SSSR count). The second kappa shape index (κ2) is 10.4. The van der Waals surface area contributed by atoms with Crippen molar-refractivity contribution in [1.82, 2.24) is 10.3 Å². The molecule has 0 saturated heterocycles. The van der Waals surface area contributed by atoms with Crippen LogP contribution < -0.4 is 15.4 Å². The first kappa shape index (κ1) is 24.0. The summed E-state index contributed by atoms with van der Waals surface area (Å²) in [5.74, 6) is 0.649. The molecule has 0 aliphatic heterocycles. The van der Waals surface area contributed by atoms with Crippen LogP contribution in [0.25, 0.3) is 11.1 Å². The largest absolute Gasteiger partial charge is 0.482 e. The second-order valence-electron chi connectivity index (χ2n) is 7.78. The van der Waals surface area contributed by atoms with Gasteiger partial charge in [-0.05, 0) is 79.2 Å². The highest BCUT2D eigenvalue weighted by atomic mass is 35.5. The van der Waals surface area contributed by atoms with Crippen molar-refractivity contribution < 1.29 is 13.9 Å². The minimum Gasteiger partial charge on any atom is -0.482 e. The van der Waals surface area contributed by atoms with Crippen LogP contribution in [0, 0.1) is 13.8 Å². The summed E-state index contributed by atoms with van der Waals surface area (Å²) in [4.78, 5) is 16.8. The molecule has 2 N–H and O–H groups in total. The summed E-state index contributed by atoms with van der Waals surface area (Å²) in [5.41, 5.74) is 5.27. The molecular weight excluding hydrogens is 493 g/mol. The SMILES string of the molecule is Cc1ccc2oc(Cc3ccc(NC(=S)NC(=O)COc4c(C)cc(Cl)cc4Cl)cc3)nc2c1. The maximum Gasteiger partial charge on any atom is 0.264 e. The maximum absolute atomic E-state index is 12.2. The highest BCUT2D eigenvalue weighted by Crippen LogP contribution is 2.31. The number of aromatic nitrogens is 1. The number of anilines is 1. The summed E-state index contributed by atoms with van der Waals surface area (Å²) >= 11 is 17.3. The van der Waals surface area contributed by atoms with Crippen molar-refractivity contribution in [2.45, 2.75) is 20.3 Å². The van der Waals surface area contributed by atoms with Gasteiger partial charge in [-0.2, -0.15) is 0 Å². The molecule has 6 nitrogen and oxygen atoms in total. The second-order valence-corrected chi connectivity index (χ2v) is 9.03. The molecule has 3 aromatic carbocycles. The van der Waals surface area contributed by atoms with E-state index in [4.69, 9.17) is 44.6 Å². The highest BCUT2D eigenvalue weighted by Gasteiger charge is 2.12. The summed E-state index contributed by atoms with van der Waals surface area (Å²) in [7, 11) is 0. The molecule has 1 aromatic heterocycles. The average Bonchev–Trinajstić information content (AvgIpc) is 3.15. The number of fused-ring (bicyclic) bond motifs is 1. The van der Waals surface area contributed by atoms with Crippen LogP contribution in [0.4, 0.5) is 5.69 Å². The van der Waals surface area contributed by atoms with Crippen LogP contribution in [0.2, 0.25) is 10.0 Å². The zero-order chi connectivity index (χ0) is 24.2. The lowest BCUT2D eigenvalue weighted by molar-refractivity contribution is -0.121. The smallest absolute Gasteiger partial charge is 0.264 e. The van der Waals surface area contributed by atoms with Crippen molar-refractivity contribution in [2.24, 2.45) is 0 Å². The molecule has 0 radical (unpaired) electrons. The zero-order valence-electron chi connectivity index (χ0n) is 18.4. The molecule has 9 heteroatoms. The van der Waals surface area contributed by atoms with Gasteiger partial charge in [0, 0.05) is 17.1 Å². The zero-order valence-corrected chi connectivity index (χ0v) is 20.8. The Bertz CT molecular complexity index is 1350. The average molecular weight is 514 g/mol. The fraction of sp³-hybridized carbons (Fsp3) is 0.160. The lowest BCUT2D eigenvalue weighted by atomic mass is 10.1. The van der Waals surface area contributed by atoms with Crippen LogP contribution in [-0.2, 0) is 11.2 Å². The summed E-state index contributed by atoms with van der Waals surface area (Å²) in [6.45, 7) is 3.58. The number of carbonyl (C=O) groups is 1. The Balaban J connectivity index is 1.28. The van der Waals surface area contributed by atoms with Gasteiger partial charge in [0.25, 0.3) is 5.91 Å². The molecule has 0 spiro atoms. The Kier molecular flexibility index (Phi) is 7.36. The fourth-order valence-corrected chi connectivity index (χ4v) is 4.26. The molecule has 0 fully saturated rings. The minimum atomic E-state index is -0.411. The van der Waals surface area contributed by atoms with E-state index in [0.29, 0.717) is 28.1 Å². The molecule has 0 unspecified atom stereocenters. The number of nitrogens with zero attached hydrogens (tertiary/aromatic N) is 1. The third-order valence-electron chi connectivity index (χ3n) is 4.95. The van der Waals surface area contributed by atoms with Crippen molar-refractivity contribution in [3.63, 3.8) is 0 Å². The molecule has 0 aliphatic rings. The number of hydrogen-bond acceptors (Lipinski definition) is 5. The normalized spacial score (nSPS) is 10.8. The Labute approximate surface area is 212 Å². The van der Waals surface area contributed by atoms with E-state index in [1.807, 2.05) is 49.4 Å². The number of benzene rings is 3. The van der Waals surface area contributed by atoms with Crippen LogP contribution in [0.15, 0.2) is 59.0 Å². The first-order valence-electron chi connectivity index (χ1n) is 10.4. The summed E-state index contributed by atoms with van der Waals surface area (Å²) in [6, 6.07) is 16.8. The van der Waals surface area contributed by atoms with E-state index in [2.05, 4.69) is 15.6 Å². The summed E-state index contributed by atoms with van der Waals surface area (Å²) in [6.07, 6.45) is 0.569. The minimum absolute atomic E-state index is 0.162. The van der Waals surface area contributed by atoms with E-state index >= 15 is 0 Å². The first-order valence-corrected chi connectivity index (χ1v) is 11.6. The number of aryl methyl sites for hydroxylation is 2. The number of rotatable bonds is 6. The quantitative estimate of drug-likeness (QED) is 0.297. The van der Waals surface area contributed by atoms with Crippen LogP contribution in [0.1, 0.15) is 22.6 Å². The van der Waals surface area contributed by atoms with Crippen molar-refractivity contribution in [1.29, 1.82) is 0 Å². The predicted octanol–water partition coefficient (Wildman–Crippen LogP) is 6.23. The maximum atomic E-state index is 12.2. The molecule has 0 saturated carbocycles. The third-order valence-corrected chi connectivity index (χ3v) is 5.65. The van der Waals surface area contributed by atoms with Crippen molar-refractivity contribution in [3.05, 3.63) is 87.2 Å². The molecular formula is C25H21Cl2N3O3S. The third kappa shape index (κ3) is 6.05. The van der Waals surface area contributed by atoms with Crippen molar-refractivity contribution in [2.75, 3.05) is 11.9 Å². The van der Waals surface area contributed by atoms with Gasteiger partial charge in [-0.25, -0.2) is 4.98 Å². The van der Waals surface area contributed by atoms with Crippen LogP contribution in [-0.4, -0.2) is 22.6 Å². The number of carbonyl (C=O) groups excluding carboxylic acids is 1. The van der Waals surface area contributed by atoms with Crippen molar-refractivity contribution >= 4 is 63.2 Å². The summed E-state index contributed by atoms with van der Waals surface area (Å²) < 4.78 is 11.4. The Morgan fingerprint density at radius 1 is 1.09 bits per heavy atom. The van der Waals surface area contributed by atoms with Crippen LogP contribution >= 0.6 is 35.4 Å². The van der Waals surface area contributed by atoms with Gasteiger partial charge in [0.15, 0.2) is 23.2 Å². The molecule has 0 aliphatic carbocycles. The fourth-order valence-electron chi connectivity index (χ4n) is 3.38. The molecule has 174 valence electrons. The molecule has 0 bridgehead atoms. The number of hydrogen-bond donors (Lipinski definition) is 2. The molecule has 4 aromatic rings. The standard InChI is InChI=1S/C25H21Cl2N3O3S/c1-14-3-8-21-20(9-14)29-23(33-21)11-16-4-6-18(7-5-16)28-25(34)30-22(31)13-32-24-15(2)10-17(26)12-19(24)27/h3-10,12H,11,13H2,1-2H3,(H2,28,30,31,34). The molecule has 1 amide bonds. The van der Waals surface area contributed by atoms with E-state index in [9.17, 15) is 4.79 Å². The Morgan fingerprint density at radius 2 is 1.85 bits per heavy atom. The number of nitrogens with one attached hydrogen (secondary N) is 2. The number of ether oxygens (including phenoxy) is 1. The predicted molar refractivity (Wildman–Crippen MR) is 139 cm³/mol.